The number of carbonyl (C=O) groups excluding carboxylic acids is 1. The molecule has 0 unspecified atom stereocenters. The zero-order valence-corrected chi connectivity index (χ0v) is 18.3. The highest BCUT2D eigenvalue weighted by Crippen LogP contribution is 2.35. The van der Waals surface area contributed by atoms with Crippen molar-refractivity contribution in [3.8, 4) is 0 Å². The Labute approximate surface area is 179 Å². The van der Waals surface area contributed by atoms with E-state index in [2.05, 4.69) is 36.1 Å². The summed E-state index contributed by atoms with van der Waals surface area (Å²) in [4.78, 5) is 26.7. The van der Waals surface area contributed by atoms with E-state index in [9.17, 15) is 9.90 Å². The van der Waals surface area contributed by atoms with Crippen molar-refractivity contribution in [3.05, 3.63) is 53.0 Å². The van der Waals surface area contributed by atoms with Crippen LogP contribution in [0.3, 0.4) is 0 Å². The summed E-state index contributed by atoms with van der Waals surface area (Å²) in [5.41, 5.74) is 2.19. The molecule has 0 spiro atoms. The Balaban J connectivity index is 1.61. The number of fused-ring (bicyclic) bond motifs is 1. The average molecular weight is 409 g/mol. The Morgan fingerprint density at radius 3 is 2.67 bits per heavy atom. The SMILES string of the molecule is Cc1nc([C@@H]2CCCN2C(=O)C(C)(C)O)nc2c1CCCN2CCc1ccccc1. The number of rotatable bonds is 5. The van der Waals surface area contributed by atoms with E-state index in [1.54, 1.807) is 18.7 Å². The van der Waals surface area contributed by atoms with E-state index in [1.807, 2.05) is 6.07 Å². The van der Waals surface area contributed by atoms with Crippen molar-refractivity contribution in [2.75, 3.05) is 24.5 Å². The summed E-state index contributed by atoms with van der Waals surface area (Å²) in [7, 11) is 0. The Morgan fingerprint density at radius 2 is 1.93 bits per heavy atom. The molecule has 2 aromatic rings. The van der Waals surface area contributed by atoms with Crippen LogP contribution in [0, 0.1) is 6.92 Å². The lowest BCUT2D eigenvalue weighted by Gasteiger charge is -2.33. The summed E-state index contributed by atoms with van der Waals surface area (Å²) in [5.74, 6) is 1.50. The Bertz CT molecular complexity index is 907. The first-order valence-corrected chi connectivity index (χ1v) is 11.0. The number of aliphatic hydroxyl groups is 1. The predicted octanol–water partition coefficient (Wildman–Crippen LogP) is 3.21. The molecule has 4 rings (SSSR count). The van der Waals surface area contributed by atoms with Crippen LogP contribution in [0.15, 0.2) is 30.3 Å². The maximum absolute atomic E-state index is 12.8. The molecule has 1 aromatic heterocycles. The third-order valence-corrected chi connectivity index (χ3v) is 6.21. The third kappa shape index (κ3) is 4.19. The van der Waals surface area contributed by atoms with Gasteiger partial charge in [-0.15, -0.1) is 0 Å². The molecular weight excluding hydrogens is 376 g/mol. The van der Waals surface area contributed by atoms with Crippen molar-refractivity contribution in [1.82, 2.24) is 14.9 Å². The van der Waals surface area contributed by atoms with Crippen molar-refractivity contribution in [1.29, 1.82) is 0 Å². The summed E-state index contributed by atoms with van der Waals surface area (Å²) in [6.45, 7) is 7.72. The molecule has 1 atom stereocenters. The van der Waals surface area contributed by atoms with E-state index >= 15 is 0 Å². The van der Waals surface area contributed by atoms with E-state index in [0.717, 1.165) is 56.7 Å². The van der Waals surface area contributed by atoms with E-state index in [-0.39, 0.29) is 11.9 Å². The summed E-state index contributed by atoms with van der Waals surface area (Å²) in [5, 5.41) is 10.2. The molecular formula is C24H32N4O2. The minimum absolute atomic E-state index is 0.161. The molecule has 0 bridgehead atoms. The van der Waals surface area contributed by atoms with E-state index < -0.39 is 5.60 Å². The number of likely N-dealkylation sites (tertiary alicyclic amines) is 1. The van der Waals surface area contributed by atoms with Gasteiger partial charge >= 0.3 is 0 Å². The van der Waals surface area contributed by atoms with Crippen molar-refractivity contribution in [2.45, 2.75) is 64.5 Å². The first kappa shape index (κ1) is 20.8. The van der Waals surface area contributed by atoms with Crippen LogP contribution >= 0.6 is 0 Å². The number of hydrogen-bond acceptors (Lipinski definition) is 5. The first-order chi connectivity index (χ1) is 14.3. The zero-order valence-electron chi connectivity index (χ0n) is 18.3. The lowest BCUT2D eigenvalue weighted by molar-refractivity contribution is -0.149. The Morgan fingerprint density at radius 1 is 1.17 bits per heavy atom. The molecule has 2 aliphatic heterocycles. The van der Waals surface area contributed by atoms with Gasteiger partial charge in [0.15, 0.2) is 5.82 Å². The number of anilines is 1. The minimum atomic E-state index is -1.38. The second-order valence-corrected chi connectivity index (χ2v) is 9.01. The second-order valence-electron chi connectivity index (χ2n) is 9.01. The maximum Gasteiger partial charge on any atom is 0.254 e. The van der Waals surface area contributed by atoms with Crippen molar-refractivity contribution in [3.63, 3.8) is 0 Å². The Hall–Kier alpha value is -2.47. The van der Waals surface area contributed by atoms with Gasteiger partial charge in [0.25, 0.3) is 5.91 Å². The molecule has 0 radical (unpaired) electrons. The van der Waals surface area contributed by atoms with Gasteiger partial charge in [-0.05, 0) is 58.4 Å². The van der Waals surface area contributed by atoms with Crippen LogP contribution in [-0.2, 0) is 17.6 Å². The number of amides is 1. The molecule has 1 fully saturated rings. The number of hydrogen-bond donors (Lipinski definition) is 1. The molecule has 0 aliphatic carbocycles. The highest BCUT2D eigenvalue weighted by Gasteiger charge is 2.39. The monoisotopic (exact) mass is 408 g/mol. The zero-order chi connectivity index (χ0) is 21.3. The van der Waals surface area contributed by atoms with Crippen LogP contribution in [0.5, 0.6) is 0 Å². The highest BCUT2D eigenvalue weighted by atomic mass is 16.3. The molecule has 1 aromatic carbocycles. The molecule has 2 aliphatic rings. The van der Waals surface area contributed by atoms with Crippen LogP contribution < -0.4 is 4.90 Å². The fourth-order valence-electron chi connectivity index (χ4n) is 4.61. The van der Waals surface area contributed by atoms with Gasteiger partial charge in [0.2, 0.25) is 0 Å². The molecule has 6 nitrogen and oxygen atoms in total. The fourth-order valence-corrected chi connectivity index (χ4v) is 4.61. The predicted molar refractivity (Wildman–Crippen MR) is 117 cm³/mol. The van der Waals surface area contributed by atoms with Crippen molar-refractivity contribution in [2.24, 2.45) is 0 Å². The van der Waals surface area contributed by atoms with Crippen LogP contribution in [0.4, 0.5) is 5.82 Å². The van der Waals surface area contributed by atoms with Gasteiger partial charge in [-0.1, -0.05) is 30.3 Å². The van der Waals surface area contributed by atoms with Gasteiger partial charge in [0, 0.05) is 30.9 Å². The molecule has 3 heterocycles. The van der Waals surface area contributed by atoms with Gasteiger partial charge in [-0.2, -0.15) is 0 Å². The van der Waals surface area contributed by atoms with Gasteiger partial charge in [0.05, 0.1) is 6.04 Å². The molecule has 1 N–H and O–H groups in total. The Kier molecular flexibility index (Phi) is 5.78. The fraction of sp³-hybridized carbons (Fsp3) is 0.542. The lowest BCUT2D eigenvalue weighted by Crippen LogP contribution is -2.45. The van der Waals surface area contributed by atoms with Crippen molar-refractivity contribution < 1.29 is 9.90 Å². The lowest BCUT2D eigenvalue weighted by atomic mass is 10.0. The number of aromatic nitrogens is 2. The average Bonchev–Trinajstić information content (AvgIpc) is 3.21. The van der Waals surface area contributed by atoms with Crippen LogP contribution in [0.1, 0.15) is 61.8 Å². The largest absolute Gasteiger partial charge is 0.381 e. The summed E-state index contributed by atoms with van der Waals surface area (Å²) < 4.78 is 0. The molecule has 1 amide bonds. The number of carbonyl (C=O) groups is 1. The standard InChI is InChI=1S/C24H32N4O2/c1-17-19-11-7-14-27(16-13-18-9-5-4-6-10-18)22(19)26-21(25-17)20-12-8-15-28(20)23(29)24(2,3)30/h4-6,9-10,20,30H,7-8,11-16H2,1-3H3/t20-/m0/s1. The summed E-state index contributed by atoms with van der Waals surface area (Å²) in [6, 6.07) is 10.4. The first-order valence-electron chi connectivity index (χ1n) is 11.0. The summed E-state index contributed by atoms with van der Waals surface area (Å²) >= 11 is 0. The van der Waals surface area contributed by atoms with Gasteiger partial charge in [-0.3, -0.25) is 4.79 Å². The van der Waals surface area contributed by atoms with Gasteiger partial charge in [0.1, 0.15) is 11.4 Å². The molecule has 1 saturated heterocycles. The normalized spacial score (nSPS) is 19.1. The van der Waals surface area contributed by atoms with E-state index in [0.29, 0.717) is 12.4 Å². The highest BCUT2D eigenvalue weighted by molar-refractivity contribution is 5.84. The van der Waals surface area contributed by atoms with Gasteiger partial charge in [-0.25, -0.2) is 9.97 Å². The van der Waals surface area contributed by atoms with Crippen LogP contribution in [0.25, 0.3) is 0 Å². The van der Waals surface area contributed by atoms with Crippen LogP contribution in [-0.4, -0.2) is 51.1 Å². The molecule has 160 valence electrons. The van der Waals surface area contributed by atoms with E-state index in [4.69, 9.17) is 9.97 Å². The second kappa shape index (κ2) is 8.34. The molecule has 30 heavy (non-hydrogen) atoms. The van der Waals surface area contributed by atoms with Crippen LogP contribution in [0.2, 0.25) is 0 Å². The van der Waals surface area contributed by atoms with Gasteiger partial charge < -0.3 is 14.9 Å². The van der Waals surface area contributed by atoms with E-state index in [1.165, 1.54) is 11.1 Å². The molecule has 0 saturated carbocycles. The van der Waals surface area contributed by atoms with Crippen molar-refractivity contribution >= 4 is 11.7 Å². The number of nitrogens with zero attached hydrogens (tertiary/aromatic N) is 4. The quantitative estimate of drug-likeness (QED) is 0.823. The summed E-state index contributed by atoms with van der Waals surface area (Å²) in [6.07, 6.45) is 4.83. The number of benzene rings is 1. The smallest absolute Gasteiger partial charge is 0.254 e. The molecule has 6 heteroatoms. The third-order valence-electron chi connectivity index (χ3n) is 6.21. The maximum atomic E-state index is 12.8. The topological polar surface area (TPSA) is 69.6 Å². The number of aryl methyl sites for hydroxylation is 1. The minimum Gasteiger partial charge on any atom is -0.381 e.